The molecule has 10 heteroatoms. The first-order valence-electron chi connectivity index (χ1n) is 15.4. The molecule has 1 aromatic carbocycles. The second kappa shape index (κ2) is 12.2. The molecule has 5 heterocycles. The molecule has 2 aromatic heterocycles. The Morgan fingerprint density at radius 3 is 2.81 bits per heavy atom. The number of anilines is 1. The van der Waals surface area contributed by atoms with Crippen LogP contribution >= 0.6 is 22.9 Å². The monoisotopic (exact) mass is 627 g/mol. The van der Waals surface area contributed by atoms with Gasteiger partial charge in [0.1, 0.15) is 5.60 Å². The molecule has 0 spiro atoms. The van der Waals surface area contributed by atoms with Crippen LogP contribution in [0, 0.1) is 0 Å². The summed E-state index contributed by atoms with van der Waals surface area (Å²) in [4.78, 5) is 23.5. The van der Waals surface area contributed by atoms with E-state index in [1.165, 1.54) is 5.56 Å². The van der Waals surface area contributed by atoms with Crippen LogP contribution < -0.4 is 4.90 Å². The SMILES string of the molecule is CC(C)(C)OC(=O)N1C[C@@H](N2CCCc3cc(Cl)cc(-c4ccnc5cc(CO)sc45)c32)C[C@]1(C)COC1CCCCO1. The van der Waals surface area contributed by atoms with Crippen LogP contribution in [0.1, 0.15) is 70.2 Å². The van der Waals surface area contributed by atoms with Gasteiger partial charge >= 0.3 is 6.09 Å². The third-order valence-corrected chi connectivity index (χ3v) is 10.0. The predicted octanol–water partition coefficient (Wildman–Crippen LogP) is 7.17. The third kappa shape index (κ3) is 6.38. The van der Waals surface area contributed by atoms with Crippen molar-refractivity contribution in [2.45, 2.75) is 96.3 Å². The Morgan fingerprint density at radius 2 is 2.07 bits per heavy atom. The van der Waals surface area contributed by atoms with Crippen molar-refractivity contribution >= 4 is 44.9 Å². The van der Waals surface area contributed by atoms with Crippen LogP contribution in [0.25, 0.3) is 21.3 Å². The summed E-state index contributed by atoms with van der Waals surface area (Å²) in [5.41, 5.74) is 4.19. The van der Waals surface area contributed by atoms with E-state index in [-0.39, 0.29) is 25.0 Å². The summed E-state index contributed by atoms with van der Waals surface area (Å²) < 4.78 is 19.2. The van der Waals surface area contributed by atoms with Crippen molar-refractivity contribution in [3.8, 4) is 11.1 Å². The van der Waals surface area contributed by atoms with Gasteiger partial charge < -0.3 is 24.2 Å². The number of hydrogen-bond acceptors (Lipinski definition) is 8. The van der Waals surface area contributed by atoms with E-state index in [0.29, 0.717) is 24.8 Å². The number of rotatable bonds is 6. The summed E-state index contributed by atoms with van der Waals surface area (Å²) in [5.74, 6) is 0. The Hall–Kier alpha value is -2.43. The minimum atomic E-state index is -0.605. The zero-order valence-electron chi connectivity index (χ0n) is 25.5. The minimum absolute atomic E-state index is 0.0185. The highest BCUT2D eigenvalue weighted by atomic mass is 35.5. The number of aromatic nitrogens is 1. The minimum Gasteiger partial charge on any atom is -0.444 e. The van der Waals surface area contributed by atoms with Crippen LogP contribution in [0.4, 0.5) is 10.5 Å². The number of aryl methyl sites for hydroxylation is 1. The lowest BCUT2D eigenvalue weighted by Gasteiger charge is -2.38. The Labute approximate surface area is 262 Å². The number of thiophene rings is 1. The molecular formula is C33H42ClN3O5S. The van der Waals surface area contributed by atoms with Crippen LogP contribution in [-0.4, -0.2) is 70.9 Å². The molecule has 2 saturated heterocycles. The van der Waals surface area contributed by atoms with Crippen molar-refractivity contribution in [1.29, 1.82) is 0 Å². The topological polar surface area (TPSA) is 84.4 Å². The van der Waals surface area contributed by atoms with Crippen molar-refractivity contribution in [2.75, 3.05) is 31.2 Å². The smallest absolute Gasteiger partial charge is 0.410 e. The maximum Gasteiger partial charge on any atom is 0.410 e. The fourth-order valence-electron chi connectivity index (χ4n) is 6.77. The van der Waals surface area contributed by atoms with Gasteiger partial charge in [0, 0.05) is 58.6 Å². The normalized spacial score (nSPS) is 24.4. The highest BCUT2D eigenvalue weighted by Crippen LogP contribution is 2.46. The summed E-state index contributed by atoms with van der Waals surface area (Å²) in [6.07, 6.45) is 6.95. The van der Waals surface area contributed by atoms with E-state index in [9.17, 15) is 9.90 Å². The van der Waals surface area contributed by atoms with Gasteiger partial charge in [-0.25, -0.2) is 4.79 Å². The molecule has 0 radical (unpaired) electrons. The van der Waals surface area contributed by atoms with Crippen molar-refractivity contribution in [2.24, 2.45) is 0 Å². The van der Waals surface area contributed by atoms with E-state index in [1.54, 1.807) is 11.3 Å². The zero-order valence-corrected chi connectivity index (χ0v) is 27.1. The first-order valence-corrected chi connectivity index (χ1v) is 16.6. The van der Waals surface area contributed by atoms with Crippen LogP contribution in [0.5, 0.6) is 0 Å². The van der Waals surface area contributed by atoms with E-state index in [4.69, 9.17) is 25.8 Å². The summed E-state index contributed by atoms with van der Waals surface area (Å²) >= 11 is 8.31. The average molecular weight is 628 g/mol. The fraction of sp³-hybridized carbons (Fsp3) is 0.576. The van der Waals surface area contributed by atoms with Crippen molar-refractivity contribution in [3.63, 3.8) is 0 Å². The van der Waals surface area contributed by atoms with Gasteiger partial charge in [-0.15, -0.1) is 11.3 Å². The largest absolute Gasteiger partial charge is 0.444 e. The van der Waals surface area contributed by atoms with E-state index >= 15 is 0 Å². The van der Waals surface area contributed by atoms with E-state index < -0.39 is 11.1 Å². The number of hydrogen-bond donors (Lipinski definition) is 1. The lowest BCUT2D eigenvalue weighted by molar-refractivity contribution is -0.177. The van der Waals surface area contributed by atoms with Gasteiger partial charge in [0.25, 0.3) is 0 Å². The van der Waals surface area contributed by atoms with Gasteiger partial charge in [-0.05, 0) is 96.0 Å². The molecule has 0 aliphatic carbocycles. The predicted molar refractivity (Wildman–Crippen MR) is 171 cm³/mol. The molecule has 43 heavy (non-hydrogen) atoms. The number of amides is 1. The number of nitrogens with zero attached hydrogens (tertiary/aromatic N) is 3. The standard InChI is InChI=1S/C33H42ClN3O5S/c1-32(2,3)42-31(39)37-18-23(17-33(37,4)20-41-28-9-5-6-13-40-28)36-12-7-8-21-14-22(34)15-26(29(21)36)25-10-11-35-27-16-24(19-38)43-30(25)27/h10-11,14-16,23,28,38H,5-9,12-13,17-20H2,1-4H3/t23-,28?,33+/m0/s1. The number of benzene rings is 1. The molecule has 8 nitrogen and oxygen atoms in total. The van der Waals surface area contributed by atoms with Crippen LogP contribution in [-0.2, 0) is 27.2 Å². The number of carbonyl (C=O) groups excluding carboxylic acids is 1. The number of fused-ring (bicyclic) bond motifs is 2. The summed E-state index contributed by atoms with van der Waals surface area (Å²) in [5, 5.41) is 10.5. The second-order valence-electron chi connectivity index (χ2n) is 13.3. The van der Waals surface area contributed by atoms with E-state index in [2.05, 4.69) is 28.9 Å². The summed E-state index contributed by atoms with van der Waals surface area (Å²) in [6, 6.07) is 8.19. The Balaban J connectivity index is 1.37. The lowest BCUT2D eigenvalue weighted by atomic mass is 9.91. The van der Waals surface area contributed by atoms with Gasteiger partial charge in [-0.1, -0.05) is 11.6 Å². The van der Waals surface area contributed by atoms with Crippen LogP contribution in [0.2, 0.25) is 5.02 Å². The van der Waals surface area contributed by atoms with Crippen molar-refractivity contribution in [3.05, 3.63) is 45.9 Å². The van der Waals surface area contributed by atoms with Crippen molar-refractivity contribution in [1.82, 2.24) is 9.88 Å². The number of pyridine rings is 1. The molecule has 3 aliphatic rings. The van der Waals surface area contributed by atoms with Crippen LogP contribution in [0.15, 0.2) is 30.5 Å². The first-order chi connectivity index (χ1) is 20.5. The number of carbonyl (C=O) groups is 1. The molecule has 3 aromatic rings. The molecule has 0 saturated carbocycles. The second-order valence-corrected chi connectivity index (χ2v) is 14.8. The van der Waals surface area contributed by atoms with Gasteiger partial charge in [-0.3, -0.25) is 9.88 Å². The number of halogens is 1. The van der Waals surface area contributed by atoms with Crippen molar-refractivity contribution < 1.29 is 24.1 Å². The molecule has 232 valence electrons. The molecule has 1 amide bonds. The lowest BCUT2D eigenvalue weighted by Crippen LogP contribution is -2.50. The molecule has 6 rings (SSSR count). The fourth-order valence-corrected chi connectivity index (χ4v) is 8.01. The van der Waals surface area contributed by atoms with E-state index in [0.717, 1.165) is 77.0 Å². The maximum atomic E-state index is 13.7. The molecule has 3 atom stereocenters. The number of ether oxygens (including phenoxy) is 3. The van der Waals surface area contributed by atoms with Gasteiger partial charge in [0.05, 0.1) is 29.0 Å². The highest BCUT2D eigenvalue weighted by Gasteiger charge is 2.49. The van der Waals surface area contributed by atoms with Crippen LogP contribution in [0.3, 0.4) is 0 Å². The molecular weight excluding hydrogens is 586 g/mol. The Morgan fingerprint density at radius 1 is 1.23 bits per heavy atom. The molecule has 1 N–H and O–H groups in total. The number of aliphatic hydroxyl groups excluding tert-OH is 1. The Bertz CT molecular complexity index is 1480. The molecule has 2 fully saturated rings. The highest BCUT2D eigenvalue weighted by molar-refractivity contribution is 7.19. The first kappa shape index (κ1) is 30.6. The maximum absolute atomic E-state index is 13.7. The molecule has 3 aliphatic heterocycles. The summed E-state index contributed by atoms with van der Waals surface area (Å²) in [6.45, 7) is 10.3. The quantitative estimate of drug-likeness (QED) is 0.310. The van der Waals surface area contributed by atoms with Gasteiger partial charge in [0.15, 0.2) is 6.29 Å². The Kier molecular flexibility index (Phi) is 8.65. The number of likely N-dealkylation sites (tertiary alicyclic amines) is 1. The zero-order chi connectivity index (χ0) is 30.4. The third-order valence-electron chi connectivity index (χ3n) is 8.69. The van der Waals surface area contributed by atoms with Gasteiger partial charge in [-0.2, -0.15) is 0 Å². The molecule has 0 bridgehead atoms. The average Bonchev–Trinajstić information content (AvgIpc) is 3.56. The number of aliphatic hydroxyl groups is 1. The molecule has 1 unspecified atom stereocenters. The van der Waals surface area contributed by atoms with Gasteiger partial charge in [0.2, 0.25) is 0 Å². The summed E-state index contributed by atoms with van der Waals surface area (Å²) in [7, 11) is 0. The van der Waals surface area contributed by atoms with E-state index in [1.807, 2.05) is 44.0 Å².